The number of nitrogens with two attached hydrogens (primary N) is 1. The van der Waals surface area contributed by atoms with Crippen molar-refractivity contribution < 1.29 is 4.74 Å². The van der Waals surface area contributed by atoms with Crippen molar-refractivity contribution in [2.45, 2.75) is 29.0 Å². The Kier molecular flexibility index (Phi) is 5.29. The number of halogens is 1. The summed E-state index contributed by atoms with van der Waals surface area (Å²) in [5.41, 5.74) is 6.55. The van der Waals surface area contributed by atoms with Gasteiger partial charge in [0.1, 0.15) is 0 Å². The fraction of sp³-hybridized carbons (Fsp3) is 0.600. The van der Waals surface area contributed by atoms with Gasteiger partial charge in [0, 0.05) is 0 Å². The third-order valence-corrected chi connectivity index (χ3v) is 12.4. The van der Waals surface area contributed by atoms with Crippen molar-refractivity contribution in [3.05, 3.63) is 19.4 Å². The number of hydrogen-bond donors (Lipinski definition) is 1. The van der Waals surface area contributed by atoms with Gasteiger partial charge in [0.15, 0.2) is 0 Å². The van der Waals surface area contributed by atoms with E-state index in [4.69, 9.17) is 22.1 Å². The molecular weight excluding hydrogens is 328 g/mol. The van der Waals surface area contributed by atoms with E-state index in [2.05, 4.69) is 27.3 Å². The van der Waals surface area contributed by atoms with Gasteiger partial charge in [-0.3, -0.25) is 0 Å². The average Bonchev–Trinajstić information content (AvgIpc) is 2.49. The summed E-state index contributed by atoms with van der Waals surface area (Å²) in [6.07, 6.45) is 1.97. The molecule has 0 amide bonds. The van der Waals surface area contributed by atoms with Crippen molar-refractivity contribution in [1.82, 2.24) is 0 Å². The molecule has 0 aromatic carbocycles. The summed E-state index contributed by atoms with van der Waals surface area (Å²) in [6.45, 7) is 7.83. The van der Waals surface area contributed by atoms with E-state index < -0.39 is 29.5 Å². The Morgan fingerprint density at radius 2 is 2.20 bits per heavy atom. The van der Waals surface area contributed by atoms with E-state index in [1.165, 1.54) is 6.04 Å². The van der Waals surface area contributed by atoms with Crippen molar-refractivity contribution in [3.8, 4) is 0 Å². The average molecular weight is 348 g/mol. The molecule has 0 aromatic rings. The van der Waals surface area contributed by atoms with E-state index >= 15 is 0 Å². The molecule has 1 atom stereocenters. The first-order valence-electron chi connectivity index (χ1n) is 5.30. The summed E-state index contributed by atoms with van der Waals surface area (Å²) in [6, 6.07) is 1.18. The molecule has 0 saturated heterocycles. The molecule has 1 aliphatic rings. The molecule has 0 bridgehead atoms. The molecule has 1 rings (SSSR count). The van der Waals surface area contributed by atoms with Crippen LogP contribution in [0.3, 0.4) is 0 Å². The van der Waals surface area contributed by atoms with Crippen LogP contribution in [0.4, 0.5) is 0 Å². The zero-order valence-corrected chi connectivity index (χ0v) is 14.7. The van der Waals surface area contributed by atoms with Crippen LogP contribution in [-0.4, -0.2) is 39.4 Å². The molecule has 1 aliphatic heterocycles. The minimum atomic E-state index is -1.92. The number of rotatable bonds is 5. The molecule has 0 aromatic heterocycles. The monoisotopic (exact) mass is 347 g/mol. The Morgan fingerprint density at radius 3 is 2.67 bits per heavy atom. The van der Waals surface area contributed by atoms with Crippen LogP contribution in [0.2, 0.25) is 25.7 Å². The second-order valence-corrected chi connectivity index (χ2v) is 19.5. The molecule has 0 fully saturated rings. The van der Waals surface area contributed by atoms with Gasteiger partial charge in [-0.25, -0.2) is 0 Å². The molecule has 0 radical (unpaired) electrons. The van der Waals surface area contributed by atoms with Crippen LogP contribution in [0.5, 0.6) is 0 Å². The van der Waals surface area contributed by atoms with Gasteiger partial charge in [0.2, 0.25) is 0 Å². The fourth-order valence-electron chi connectivity index (χ4n) is 1.31. The van der Waals surface area contributed by atoms with Crippen molar-refractivity contribution >= 4 is 41.1 Å². The third-order valence-electron chi connectivity index (χ3n) is 2.33. The molecule has 2 nitrogen and oxygen atoms in total. The van der Waals surface area contributed by atoms with Crippen molar-refractivity contribution in [1.29, 1.82) is 0 Å². The summed E-state index contributed by atoms with van der Waals surface area (Å²) in [5, 5.41) is 0. The standard InChI is InChI=1S/C6H14ClOSi.C4H5N.In/c1-9(2,3)5-4-8-6-7;1-3-4(2)5;/h6H,4-5H2,1-3H3;1-3H,5H2;. The predicted octanol–water partition coefficient (Wildman–Crippen LogP) is 2.43. The van der Waals surface area contributed by atoms with Gasteiger partial charge in [-0.2, -0.15) is 0 Å². The van der Waals surface area contributed by atoms with Crippen molar-refractivity contribution in [3.63, 3.8) is 0 Å². The molecule has 0 saturated carbocycles. The Morgan fingerprint density at radius 1 is 1.53 bits per heavy atom. The molecule has 15 heavy (non-hydrogen) atoms. The Balaban J connectivity index is 2.26. The van der Waals surface area contributed by atoms with Crippen LogP contribution in [-0.2, 0) is 4.74 Å². The first kappa shape index (κ1) is 13.7. The third kappa shape index (κ3) is 5.47. The first-order valence-corrected chi connectivity index (χ1v) is 15.1. The first-order chi connectivity index (χ1) is 6.88. The molecule has 1 unspecified atom stereocenters. The summed E-state index contributed by atoms with van der Waals surface area (Å²) < 4.78 is 9.97. The van der Waals surface area contributed by atoms with E-state index in [1.54, 1.807) is 0 Å². The molecule has 2 N–H and O–H groups in total. The topological polar surface area (TPSA) is 35.2 Å². The van der Waals surface area contributed by atoms with Gasteiger partial charge in [0.25, 0.3) is 0 Å². The Labute approximate surface area is 106 Å². The summed E-state index contributed by atoms with van der Waals surface area (Å²) in [4.78, 5) is 0. The van der Waals surface area contributed by atoms with Crippen LogP contribution in [0.15, 0.2) is 19.4 Å². The van der Waals surface area contributed by atoms with Crippen LogP contribution in [0.25, 0.3) is 0 Å². The van der Waals surface area contributed by atoms with E-state index in [-0.39, 0.29) is 3.32 Å². The Hall–Kier alpha value is 0.617. The van der Waals surface area contributed by atoms with Crippen LogP contribution in [0.1, 0.15) is 0 Å². The normalized spacial score (nSPS) is 18.1. The number of hydrogen-bond acceptors (Lipinski definition) is 2. The van der Waals surface area contributed by atoms with Gasteiger partial charge >= 0.3 is 107 Å². The van der Waals surface area contributed by atoms with Gasteiger partial charge in [-0.05, 0) is 0 Å². The van der Waals surface area contributed by atoms with Gasteiger partial charge in [-0.1, -0.05) is 0 Å². The Bertz CT molecular complexity index is 275. The molecule has 0 aliphatic carbocycles. The van der Waals surface area contributed by atoms with Crippen molar-refractivity contribution in [2.24, 2.45) is 5.73 Å². The van der Waals surface area contributed by atoms with E-state index in [0.717, 1.165) is 12.3 Å². The zero-order valence-electron chi connectivity index (χ0n) is 9.66. The maximum absolute atomic E-state index is 6.22. The fourth-order valence-corrected chi connectivity index (χ4v) is 8.30. The zero-order chi connectivity index (χ0) is 11.5. The van der Waals surface area contributed by atoms with Crippen LogP contribution in [0, 0.1) is 0 Å². The SMILES string of the molecule is C[Si](C)(C)CCO[CH](Cl)[In]1[CH]=CC(N)=[CH]1. The molecule has 84 valence electrons. The molecule has 0 spiro atoms. The second kappa shape index (κ2) is 5.80. The predicted molar refractivity (Wildman–Crippen MR) is 70.9 cm³/mol. The summed E-state index contributed by atoms with van der Waals surface area (Å²) in [7, 11) is -0.996. The van der Waals surface area contributed by atoms with Gasteiger partial charge in [-0.15, -0.1) is 0 Å². The number of alkyl halides is 1. The molecule has 5 heteroatoms. The van der Waals surface area contributed by atoms with E-state index in [0.29, 0.717) is 0 Å². The minimum absolute atomic E-state index is 0.0690. The van der Waals surface area contributed by atoms with Gasteiger partial charge < -0.3 is 0 Å². The van der Waals surface area contributed by atoms with E-state index in [1.807, 2.05) is 6.08 Å². The van der Waals surface area contributed by atoms with Crippen LogP contribution < -0.4 is 5.73 Å². The van der Waals surface area contributed by atoms with Crippen molar-refractivity contribution in [2.75, 3.05) is 6.61 Å². The van der Waals surface area contributed by atoms with Gasteiger partial charge in [0.05, 0.1) is 0 Å². The number of ether oxygens (including phenoxy) is 1. The molecule has 1 heterocycles. The van der Waals surface area contributed by atoms with E-state index in [9.17, 15) is 0 Å². The summed E-state index contributed by atoms with van der Waals surface area (Å²) >= 11 is 4.29. The van der Waals surface area contributed by atoms with Crippen LogP contribution >= 0.6 is 11.6 Å². The maximum atomic E-state index is 6.22. The quantitative estimate of drug-likeness (QED) is 0.612. The second-order valence-electron chi connectivity index (χ2n) is 5.14. The molecular formula is C10H19ClInNOSi. The summed E-state index contributed by atoms with van der Waals surface area (Å²) in [5.74, 6) is 0. The number of allylic oxidation sites excluding steroid dienone is 1.